The Hall–Kier alpha value is -1.15. The van der Waals surface area contributed by atoms with Gasteiger partial charge in [-0.05, 0) is 24.3 Å². The van der Waals surface area contributed by atoms with Crippen molar-refractivity contribution >= 4 is 5.78 Å². The number of ketones is 1. The first kappa shape index (κ1) is 10.4. The lowest BCUT2D eigenvalue weighted by atomic mass is 9.80. The maximum absolute atomic E-state index is 11.5. The molecule has 0 atom stereocenters. The van der Waals surface area contributed by atoms with E-state index in [1.807, 2.05) is 12.1 Å². The predicted octanol–water partition coefficient (Wildman–Crippen LogP) is 2.78. The van der Waals surface area contributed by atoms with E-state index >= 15 is 0 Å². The van der Waals surface area contributed by atoms with Crippen LogP contribution in [0.5, 0.6) is 0 Å². The summed E-state index contributed by atoms with van der Waals surface area (Å²) in [4.78, 5) is 11.5. The van der Waals surface area contributed by atoms with E-state index < -0.39 is 0 Å². The monoisotopic (exact) mass is 204 g/mol. The van der Waals surface area contributed by atoms with E-state index in [4.69, 9.17) is 4.74 Å². The minimum absolute atomic E-state index is 0.0534. The highest BCUT2D eigenvalue weighted by molar-refractivity contribution is 5.97. The van der Waals surface area contributed by atoms with Gasteiger partial charge in [-0.25, -0.2) is 0 Å². The molecule has 2 rings (SSSR count). The summed E-state index contributed by atoms with van der Waals surface area (Å²) in [5.74, 6) is 0.786. The van der Waals surface area contributed by atoms with Gasteiger partial charge >= 0.3 is 0 Å². The predicted molar refractivity (Wildman–Crippen MR) is 59.2 cm³/mol. The third-order valence-electron chi connectivity index (χ3n) is 3.08. The molecule has 80 valence electrons. The Bertz CT molecular complexity index is 336. The van der Waals surface area contributed by atoms with Gasteiger partial charge < -0.3 is 4.74 Å². The number of hydrogen-bond acceptors (Lipinski definition) is 2. The topological polar surface area (TPSA) is 26.3 Å². The van der Waals surface area contributed by atoms with Crippen LogP contribution in [0.25, 0.3) is 0 Å². The van der Waals surface area contributed by atoms with Gasteiger partial charge in [0.15, 0.2) is 5.78 Å². The third kappa shape index (κ3) is 2.26. The van der Waals surface area contributed by atoms with Crippen LogP contribution >= 0.6 is 0 Å². The van der Waals surface area contributed by atoms with Crippen LogP contribution in [0.15, 0.2) is 24.3 Å². The summed E-state index contributed by atoms with van der Waals surface area (Å²) in [6, 6.07) is 7.98. The number of ether oxygens (including phenoxy) is 1. The number of Topliss-reactive ketones (excluding diaryl/α,β-unsaturated/α-hetero) is 1. The summed E-state index contributed by atoms with van der Waals surface area (Å²) >= 11 is 0. The first-order valence-corrected chi connectivity index (χ1v) is 5.43. The van der Waals surface area contributed by atoms with Crippen LogP contribution in [0.1, 0.15) is 41.1 Å². The lowest BCUT2D eigenvalue weighted by molar-refractivity contribution is 0.0848. The molecular weight excluding hydrogens is 188 g/mol. The second-order valence-electron chi connectivity index (χ2n) is 4.11. The van der Waals surface area contributed by atoms with Crippen molar-refractivity contribution in [1.82, 2.24) is 0 Å². The molecule has 0 amide bonds. The fraction of sp³-hybridized carbons (Fsp3) is 0.462. The molecule has 2 heteroatoms. The zero-order valence-corrected chi connectivity index (χ0v) is 9.03. The van der Waals surface area contributed by atoms with Crippen LogP contribution in [0.2, 0.25) is 0 Å². The molecule has 1 aliphatic carbocycles. The fourth-order valence-electron chi connectivity index (χ4n) is 1.90. The zero-order valence-electron chi connectivity index (χ0n) is 9.03. The Balaban J connectivity index is 2.06. The standard InChI is InChI=1S/C13H16O2/c1-15-9-13(14)12-7-5-11(6-8-12)10-3-2-4-10/h5-8,10H,2-4,9H2,1H3. The van der Waals surface area contributed by atoms with Gasteiger partial charge in [0.2, 0.25) is 0 Å². The number of hydrogen-bond donors (Lipinski definition) is 0. The summed E-state index contributed by atoms with van der Waals surface area (Å²) in [5.41, 5.74) is 2.12. The van der Waals surface area contributed by atoms with Gasteiger partial charge in [-0.3, -0.25) is 4.79 Å². The van der Waals surface area contributed by atoms with Crippen molar-refractivity contribution in [2.75, 3.05) is 13.7 Å². The van der Waals surface area contributed by atoms with E-state index in [0.29, 0.717) is 0 Å². The van der Waals surface area contributed by atoms with Crippen molar-refractivity contribution in [2.45, 2.75) is 25.2 Å². The normalized spacial score (nSPS) is 16.1. The molecule has 2 nitrogen and oxygen atoms in total. The lowest BCUT2D eigenvalue weighted by Crippen LogP contribution is -2.10. The van der Waals surface area contributed by atoms with E-state index in [-0.39, 0.29) is 12.4 Å². The van der Waals surface area contributed by atoms with E-state index in [0.717, 1.165) is 11.5 Å². The highest BCUT2D eigenvalue weighted by Crippen LogP contribution is 2.36. The Morgan fingerprint density at radius 1 is 1.33 bits per heavy atom. The molecule has 1 fully saturated rings. The molecule has 1 aromatic rings. The van der Waals surface area contributed by atoms with Crippen molar-refractivity contribution in [3.8, 4) is 0 Å². The van der Waals surface area contributed by atoms with E-state index in [2.05, 4.69) is 12.1 Å². The van der Waals surface area contributed by atoms with Crippen LogP contribution in [0.4, 0.5) is 0 Å². The lowest BCUT2D eigenvalue weighted by Gasteiger charge is -2.25. The van der Waals surface area contributed by atoms with Crippen molar-refractivity contribution in [3.05, 3.63) is 35.4 Å². The Kier molecular flexibility index (Phi) is 3.17. The molecule has 15 heavy (non-hydrogen) atoms. The fourth-order valence-corrected chi connectivity index (χ4v) is 1.90. The van der Waals surface area contributed by atoms with Crippen LogP contribution in [0, 0.1) is 0 Å². The molecule has 1 aliphatic rings. The van der Waals surface area contributed by atoms with E-state index in [1.165, 1.54) is 24.8 Å². The minimum Gasteiger partial charge on any atom is -0.377 e. The molecular formula is C13H16O2. The summed E-state index contributed by atoms with van der Waals surface area (Å²) < 4.78 is 4.82. The summed E-state index contributed by atoms with van der Waals surface area (Å²) in [6.45, 7) is 0.169. The van der Waals surface area contributed by atoms with E-state index in [1.54, 1.807) is 7.11 Å². The number of carbonyl (C=O) groups excluding carboxylic acids is 1. The third-order valence-corrected chi connectivity index (χ3v) is 3.08. The number of benzene rings is 1. The molecule has 0 saturated heterocycles. The first-order valence-electron chi connectivity index (χ1n) is 5.43. The second kappa shape index (κ2) is 4.58. The average Bonchev–Trinajstić information content (AvgIpc) is 2.16. The van der Waals surface area contributed by atoms with Crippen LogP contribution in [-0.4, -0.2) is 19.5 Å². The quantitative estimate of drug-likeness (QED) is 0.705. The van der Waals surface area contributed by atoms with Gasteiger partial charge in [-0.1, -0.05) is 30.7 Å². The Morgan fingerprint density at radius 2 is 2.00 bits per heavy atom. The summed E-state index contributed by atoms with van der Waals surface area (Å²) in [7, 11) is 1.54. The number of carbonyl (C=O) groups is 1. The van der Waals surface area contributed by atoms with Crippen LogP contribution in [0.3, 0.4) is 0 Å². The summed E-state index contributed by atoms with van der Waals surface area (Å²) in [6.07, 6.45) is 3.94. The van der Waals surface area contributed by atoms with Crippen molar-refractivity contribution in [2.24, 2.45) is 0 Å². The van der Waals surface area contributed by atoms with Gasteiger partial charge in [-0.15, -0.1) is 0 Å². The summed E-state index contributed by atoms with van der Waals surface area (Å²) in [5, 5.41) is 0. The maximum atomic E-state index is 11.5. The number of rotatable bonds is 4. The molecule has 0 aromatic heterocycles. The largest absolute Gasteiger partial charge is 0.377 e. The Labute approximate surface area is 90.3 Å². The van der Waals surface area contributed by atoms with Gasteiger partial charge in [0.1, 0.15) is 6.61 Å². The average molecular weight is 204 g/mol. The van der Waals surface area contributed by atoms with E-state index in [9.17, 15) is 4.79 Å². The van der Waals surface area contributed by atoms with Crippen molar-refractivity contribution < 1.29 is 9.53 Å². The number of methoxy groups -OCH3 is 1. The Morgan fingerprint density at radius 3 is 2.47 bits per heavy atom. The zero-order chi connectivity index (χ0) is 10.7. The van der Waals surface area contributed by atoms with Gasteiger partial charge in [0, 0.05) is 12.7 Å². The second-order valence-corrected chi connectivity index (χ2v) is 4.11. The van der Waals surface area contributed by atoms with Crippen LogP contribution in [-0.2, 0) is 4.74 Å². The molecule has 0 unspecified atom stereocenters. The van der Waals surface area contributed by atoms with Gasteiger partial charge in [0.25, 0.3) is 0 Å². The molecule has 1 aromatic carbocycles. The minimum atomic E-state index is 0.0534. The molecule has 1 saturated carbocycles. The smallest absolute Gasteiger partial charge is 0.188 e. The highest BCUT2D eigenvalue weighted by atomic mass is 16.5. The van der Waals surface area contributed by atoms with Crippen molar-refractivity contribution in [1.29, 1.82) is 0 Å². The highest BCUT2D eigenvalue weighted by Gasteiger charge is 2.19. The SMILES string of the molecule is COCC(=O)c1ccc(C2CCC2)cc1. The molecule has 0 aliphatic heterocycles. The molecule has 0 heterocycles. The molecule has 0 N–H and O–H groups in total. The maximum Gasteiger partial charge on any atom is 0.188 e. The molecule has 0 bridgehead atoms. The van der Waals surface area contributed by atoms with Crippen molar-refractivity contribution in [3.63, 3.8) is 0 Å². The van der Waals surface area contributed by atoms with Gasteiger partial charge in [-0.2, -0.15) is 0 Å². The molecule has 0 spiro atoms. The van der Waals surface area contributed by atoms with Crippen LogP contribution < -0.4 is 0 Å². The first-order chi connectivity index (χ1) is 7.31. The molecule has 0 radical (unpaired) electrons. The van der Waals surface area contributed by atoms with Gasteiger partial charge in [0.05, 0.1) is 0 Å².